The summed E-state index contributed by atoms with van der Waals surface area (Å²) < 4.78 is 1.76. The maximum absolute atomic E-state index is 12.3. The van der Waals surface area contributed by atoms with Crippen LogP contribution in [0.3, 0.4) is 0 Å². The molecule has 27 heavy (non-hydrogen) atoms. The number of carbonyl (C=O) groups is 1. The minimum absolute atomic E-state index is 0.0192. The molecule has 1 aliphatic rings. The third kappa shape index (κ3) is 3.75. The van der Waals surface area contributed by atoms with Crippen molar-refractivity contribution in [3.63, 3.8) is 0 Å². The fourth-order valence-electron chi connectivity index (χ4n) is 3.45. The Kier molecular flexibility index (Phi) is 4.72. The average molecular weight is 365 g/mol. The molecule has 0 radical (unpaired) electrons. The van der Waals surface area contributed by atoms with Crippen molar-refractivity contribution in [2.45, 2.75) is 6.92 Å². The van der Waals surface area contributed by atoms with Gasteiger partial charge in [0.2, 0.25) is 5.91 Å². The lowest BCUT2D eigenvalue weighted by Crippen LogP contribution is -2.49. The van der Waals surface area contributed by atoms with Gasteiger partial charge in [-0.15, -0.1) is 0 Å². The Morgan fingerprint density at radius 3 is 2.78 bits per heavy atom. The van der Waals surface area contributed by atoms with Crippen LogP contribution in [0, 0.1) is 6.92 Å². The molecule has 140 valence electrons. The molecule has 0 spiro atoms. The zero-order valence-corrected chi connectivity index (χ0v) is 15.6. The van der Waals surface area contributed by atoms with Gasteiger partial charge in [-0.2, -0.15) is 5.10 Å². The molecule has 3 heterocycles. The lowest BCUT2D eigenvalue weighted by Gasteiger charge is -2.35. The summed E-state index contributed by atoms with van der Waals surface area (Å²) in [6.45, 7) is 5.67. The van der Waals surface area contributed by atoms with Crippen LogP contribution in [0.4, 0.5) is 11.5 Å². The number of fused-ring (bicyclic) bond motifs is 1. The molecule has 1 N–H and O–H groups in total. The number of piperazine rings is 1. The largest absolute Gasteiger partial charge is 0.353 e. The van der Waals surface area contributed by atoms with Gasteiger partial charge in [0.15, 0.2) is 5.65 Å². The van der Waals surface area contributed by atoms with Crippen LogP contribution in [0.2, 0.25) is 0 Å². The third-order valence-electron chi connectivity index (χ3n) is 4.85. The van der Waals surface area contributed by atoms with Crippen LogP contribution < -0.4 is 10.2 Å². The molecule has 2 aromatic heterocycles. The summed E-state index contributed by atoms with van der Waals surface area (Å²) in [5.74, 6) is 0.933. The van der Waals surface area contributed by atoms with Crippen molar-refractivity contribution in [2.75, 3.05) is 42.9 Å². The molecule has 1 aliphatic heterocycles. The number of hydrogen-bond donors (Lipinski definition) is 1. The summed E-state index contributed by atoms with van der Waals surface area (Å²) in [7, 11) is 1.88. The van der Waals surface area contributed by atoms with Crippen LogP contribution in [0.5, 0.6) is 0 Å². The number of nitrogens with zero attached hydrogens (tertiary/aromatic N) is 6. The number of rotatable bonds is 4. The second-order valence-electron chi connectivity index (χ2n) is 6.88. The SMILES string of the molecule is Cc1cccc(NC(=O)CN2CCN(c3ncnc4c3cnn4C)CC2)c1. The molecule has 8 heteroatoms. The van der Waals surface area contributed by atoms with Gasteiger partial charge in [0, 0.05) is 38.9 Å². The fraction of sp³-hybridized carbons (Fsp3) is 0.368. The Bertz CT molecular complexity index is 960. The quantitative estimate of drug-likeness (QED) is 0.754. The number of amides is 1. The number of nitrogens with one attached hydrogen (secondary N) is 1. The Labute approximate surface area is 157 Å². The van der Waals surface area contributed by atoms with Crippen LogP contribution >= 0.6 is 0 Å². The van der Waals surface area contributed by atoms with Gasteiger partial charge in [-0.25, -0.2) is 9.97 Å². The van der Waals surface area contributed by atoms with Gasteiger partial charge in [0.1, 0.15) is 12.1 Å². The summed E-state index contributed by atoms with van der Waals surface area (Å²) in [6, 6.07) is 7.85. The molecule has 1 aromatic carbocycles. The first-order chi connectivity index (χ1) is 13.1. The highest BCUT2D eigenvalue weighted by molar-refractivity contribution is 5.92. The average Bonchev–Trinajstić information content (AvgIpc) is 3.04. The van der Waals surface area contributed by atoms with E-state index in [1.165, 1.54) is 0 Å². The van der Waals surface area contributed by atoms with Crippen LogP contribution in [0.15, 0.2) is 36.8 Å². The highest BCUT2D eigenvalue weighted by atomic mass is 16.2. The number of hydrogen-bond acceptors (Lipinski definition) is 6. The predicted octanol–water partition coefficient (Wildman–Crippen LogP) is 1.43. The third-order valence-corrected chi connectivity index (χ3v) is 4.85. The monoisotopic (exact) mass is 365 g/mol. The van der Waals surface area contributed by atoms with Crippen LogP contribution in [0.25, 0.3) is 11.0 Å². The molecular weight excluding hydrogens is 342 g/mol. The van der Waals surface area contributed by atoms with Crippen molar-refractivity contribution in [1.29, 1.82) is 0 Å². The predicted molar refractivity (Wildman–Crippen MR) is 105 cm³/mol. The van der Waals surface area contributed by atoms with E-state index in [1.807, 2.05) is 44.4 Å². The maximum atomic E-state index is 12.3. The Morgan fingerprint density at radius 1 is 1.19 bits per heavy atom. The van der Waals surface area contributed by atoms with Gasteiger partial charge in [-0.1, -0.05) is 12.1 Å². The minimum atomic E-state index is 0.0192. The molecule has 0 bridgehead atoms. The van der Waals surface area contributed by atoms with Crippen LogP contribution in [0.1, 0.15) is 5.56 Å². The summed E-state index contributed by atoms with van der Waals surface area (Å²) >= 11 is 0. The van der Waals surface area contributed by atoms with Gasteiger partial charge in [0.25, 0.3) is 0 Å². The second kappa shape index (κ2) is 7.32. The van der Waals surface area contributed by atoms with Gasteiger partial charge in [0.05, 0.1) is 18.1 Å². The van der Waals surface area contributed by atoms with E-state index in [1.54, 1.807) is 11.0 Å². The standard InChI is InChI=1S/C19H23N7O/c1-14-4-3-5-15(10-14)23-17(27)12-25-6-8-26(9-7-25)19-16-11-22-24(2)18(16)20-13-21-19/h3-5,10-11,13H,6-9,12H2,1-2H3,(H,23,27). The van der Waals surface area contributed by atoms with E-state index in [-0.39, 0.29) is 5.91 Å². The highest BCUT2D eigenvalue weighted by Gasteiger charge is 2.22. The van der Waals surface area contributed by atoms with E-state index in [2.05, 4.69) is 30.2 Å². The summed E-state index contributed by atoms with van der Waals surface area (Å²) in [6.07, 6.45) is 3.40. The van der Waals surface area contributed by atoms with Crippen molar-refractivity contribution in [1.82, 2.24) is 24.6 Å². The number of anilines is 2. The zero-order chi connectivity index (χ0) is 18.8. The van der Waals surface area contributed by atoms with Gasteiger partial charge >= 0.3 is 0 Å². The Balaban J connectivity index is 1.35. The lowest BCUT2D eigenvalue weighted by molar-refractivity contribution is -0.117. The molecule has 0 aliphatic carbocycles. The molecule has 4 rings (SSSR count). The van der Waals surface area contributed by atoms with Crippen molar-refractivity contribution < 1.29 is 4.79 Å². The molecule has 1 fully saturated rings. The van der Waals surface area contributed by atoms with E-state index in [9.17, 15) is 4.79 Å². The zero-order valence-electron chi connectivity index (χ0n) is 15.6. The van der Waals surface area contributed by atoms with E-state index in [0.29, 0.717) is 6.54 Å². The van der Waals surface area contributed by atoms with Crippen LogP contribution in [-0.4, -0.2) is 63.3 Å². The van der Waals surface area contributed by atoms with E-state index in [0.717, 1.165) is 54.3 Å². The molecule has 0 atom stereocenters. The normalized spacial score (nSPS) is 15.3. The molecule has 8 nitrogen and oxygen atoms in total. The number of benzene rings is 1. The maximum Gasteiger partial charge on any atom is 0.238 e. The summed E-state index contributed by atoms with van der Waals surface area (Å²) in [5.41, 5.74) is 2.81. The number of carbonyl (C=O) groups excluding carboxylic acids is 1. The van der Waals surface area contributed by atoms with Gasteiger partial charge in [-0.05, 0) is 24.6 Å². The van der Waals surface area contributed by atoms with E-state index < -0.39 is 0 Å². The smallest absolute Gasteiger partial charge is 0.238 e. The summed E-state index contributed by atoms with van der Waals surface area (Å²) in [5, 5.41) is 8.21. The van der Waals surface area contributed by atoms with Crippen molar-refractivity contribution in [3.05, 3.63) is 42.4 Å². The molecule has 0 unspecified atom stereocenters. The summed E-state index contributed by atoms with van der Waals surface area (Å²) in [4.78, 5) is 25.5. The first-order valence-electron chi connectivity index (χ1n) is 9.07. The van der Waals surface area contributed by atoms with Gasteiger partial charge in [-0.3, -0.25) is 14.4 Å². The first-order valence-corrected chi connectivity index (χ1v) is 9.07. The lowest BCUT2D eigenvalue weighted by atomic mass is 10.2. The first kappa shape index (κ1) is 17.4. The van der Waals surface area contributed by atoms with Crippen molar-refractivity contribution in [3.8, 4) is 0 Å². The fourth-order valence-corrected chi connectivity index (χ4v) is 3.45. The van der Waals surface area contributed by atoms with Gasteiger partial charge < -0.3 is 10.2 Å². The van der Waals surface area contributed by atoms with E-state index in [4.69, 9.17) is 0 Å². The molecule has 1 saturated heterocycles. The van der Waals surface area contributed by atoms with Crippen molar-refractivity contribution in [2.24, 2.45) is 7.05 Å². The highest BCUT2D eigenvalue weighted by Crippen LogP contribution is 2.23. The minimum Gasteiger partial charge on any atom is -0.353 e. The molecular formula is C19H23N7O. The Hall–Kier alpha value is -3.00. The molecule has 3 aromatic rings. The van der Waals surface area contributed by atoms with E-state index >= 15 is 0 Å². The van der Waals surface area contributed by atoms with Crippen molar-refractivity contribution >= 4 is 28.4 Å². The second-order valence-corrected chi connectivity index (χ2v) is 6.88. The topological polar surface area (TPSA) is 79.2 Å². The Morgan fingerprint density at radius 2 is 2.00 bits per heavy atom. The number of aryl methyl sites for hydroxylation is 2. The molecule has 1 amide bonds. The molecule has 0 saturated carbocycles. The van der Waals surface area contributed by atoms with Crippen LogP contribution in [-0.2, 0) is 11.8 Å². The number of aromatic nitrogens is 4.